The topological polar surface area (TPSA) is 60.9 Å². The Balaban J connectivity index is 1.50. The largest absolute Gasteiger partial charge is 0.477 e. The van der Waals surface area contributed by atoms with E-state index in [1.165, 1.54) is 36.2 Å². The molecule has 34 heavy (non-hydrogen) atoms. The number of hydrogen-bond acceptors (Lipinski definition) is 4. The van der Waals surface area contributed by atoms with Crippen molar-refractivity contribution in [2.45, 2.75) is 44.7 Å². The first-order chi connectivity index (χ1) is 16.6. The van der Waals surface area contributed by atoms with Gasteiger partial charge in [0, 0.05) is 18.0 Å². The molecular formula is C28H30N2O3S. The number of anilines is 1. The van der Waals surface area contributed by atoms with E-state index in [0.29, 0.717) is 18.2 Å². The van der Waals surface area contributed by atoms with Crippen LogP contribution in [0.15, 0.2) is 66.7 Å². The minimum atomic E-state index is -0.968. The Hall–Kier alpha value is -2.96. The molecule has 0 radical (unpaired) electrons. The normalized spacial score (nSPS) is 19.9. The standard InChI is InChI=1S/C28H30N2O3S/c31-26-19-29(17-20-10-4-1-5-11-20)18-24(21-12-6-2-7-13-21)30(26)23-16-25(34-27(23)28(32)33)22-14-8-3-9-15-22/h1,3-5,8-11,14-16,21,24H,2,6-7,12-13,17-19H2,(H,32,33)/t24-/m0/s1. The van der Waals surface area contributed by atoms with Gasteiger partial charge in [0.25, 0.3) is 0 Å². The molecule has 0 spiro atoms. The van der Waals surface area contributed by atoms with Gasteiger partial charge in [-0.1, -0.05) is 79.9 Å². The van der Waals surface area contributed by atoms with Crippen molar-refractivity contribution in [3.63, 3.8) is 0 Å². The zero-order valence-corrected chi connectivity index (χ0v) is 20.0. The Bertz CT molecular complexity index is 1140. The van der Waals surface area contributed by atoms with Gasteiger partial charge in [0.05, 0.1) is 18.3 Å². The van der Waals surface area contributed by atoms with Gasteiger partial charge in [-0.25, -0.2) is 4.79 Å². The number of carbonyl (C=O) groups excluding carboxylic acids is 1. The van der Waals surface area contributed by atoms with E-state index in [1.807, 2.05) is 59.5 Å². The molecule has 2 aromatic carbocycles. The lowest BCUT2D eigenvalue weighted by Gasteiger charge is -2.45. The highest BCUT2D eigenvalue weighted by molar-refractivity contribution is 7.18. The van der Waals surface area contributed by atoms with E-state index >= 15 is 0 Å². The zero-order valence-electron chi connectivity index (χ0n) is 19.2. The summed E-state index contributed by atoms with van der Waals surface area (Å²) in [5, 5.41) is 10.0. The molecule has 2 fully saturated rings. The lowest BCUT2D eigenvalue weighted by Crippen LogP contribution is -2.59. The van der Waals surface area contributed by atoms with Gasteiger partial charge in [-0.3, -0.25) is 9.69 Å². The Morgan fingerprint density at radius 1 is 0.971 bits per heavy atom. The molecule has 5 rings (SSSR count). The number of aromatic carboxylic acids is 1. The van der Waals surface area contributed by atoms with Crippen LogP contribution in [-0.4, -0.2) is 41.0 Å². The molecule has 1 atom stereocenters. The zero-order chi connectivity index (χ0) is 23.5. The molecule has 1 amide bonds. The fourth-order valence-electron chi connectivity index (χ4n) is 5.48. The van der Waals surface area contributed by atoms with Gasteiger partial charge in [0.2, 0.25) is 5.91 Å². The van der Waals surface area contributed by atoms with Crippen LogP contribution in [0.25, 0.3) is 10.4 Å². The number of carbonyl (C=O) groups is 2. The monoisotopic (exact) mass is 474 g/mol. The minimum absolute atomic E-state index is 0.00216. The number of carboxylic acid groups (broad SMARTS) is 1. The van der Waals surface area contributed by atoms with Gasteiger partial charge >= 0.3 is 5.97 Å². The van der Waals surface area contributed by atoms with Gasteiger partial charge in [-0.2, -0.15) is 0 Å². The molecular weight excluding hydrogens is 444 g/mol. The SMILES string of the molecule is O=C(O)c1sc(-c2ccccc2)cc1N1C(=O)CN(Cc2ccccc2)C[C@H]1C1CCCCC1. The number of nitrogens with zero attached hydrogens (tertiary/aromatic N) is 2. The molecule has 1 saturated heterocycles. The number of benzene rings is 2. The second-order valence-electron chi connectivity index (χ2n) is 9.38. The Morgan fingerprint density at radius 2 is 1.65 bits per heavy atom. The lowest BCUT2D eigenvalue weighted by atomic mass is 9.82. The number of amides is 1. The van der Waals surface area contributed by atoms with Crippen molar-refractivity contribution >= 4 is 28.9 Å². The van der Waals surface area contributed by atoms with Crippen LogP contribution in [0.4, 0.5) is 5.69 Å². The Kier molecular flexibility index (Phi) is 6.79. The predicted molar refractivity (Wildman–Crippen MR) is 136 cm³/mol. The summed E-state index contributed by atoms with van der Waals surface area (Å²) in [7, 11) is 0. The number of thiophene rings is 1. The second kappa shape index (κ2) is 10.1. The van der Waals surface area contributed by atoms with Crippen molar-refractivity contribution in [1.82, 2.24) is 4.90 Å². The first-order valence-electron chi connectivity index (χ1n) is 12.1. The Morgan fingerprint density at radius 3 is 2.32 bits per heavy atom. The maximum atomic E-state index is 13.7. The van der Waals surface area contributed by atoms with Gasteiger partial charge in [-0.05, 0) is 36.0 Å². The summed E-state index contributed by atoms with van der Waals surface area (Å²) in [4.78, 5) is 31.2. The summed E-state index contributed by atoms with van der Waals surface area (Å²) in [6.07, 6.45) is 5.76. The molecule has 1 aliphatic carbocycles. The van der Waals surface area contributed by atoms with Gasteiger partial charge in [0.15, 0.2) is 0 Å². The molecule has 1 saturated carbocycles. The fourth-order valence-corrected chi connectivity index (χ4v) is 6.47. The van der Waals surface area contributed by atoms with Crippen LogP contribution in [0.1, 0.15) is 47.3 Å². The van der Waals surface area contributed by atoms with Crippen LogP contribution in [-0.2, 0) is 11.3 Å². The average Bonchev–Trinajstić information content (AvgIpc) is 3.31. The smallest absolute Gasteiger partial charge is 0.348 e. The summed E-state index contributed by atoms with van der Waals surface area (Å²) in [6, 6.07) is 22.0. The van der Waals surface area contributed by atoms with Crippen LogP contribution < -0.4 is 4.90 Å². The minimum Gasteiger partial charge on any atom is -0.477 e. The summed E-state index contributed by atoms with van der Waals surface area (Å²) in [5.74, 6) is -0.584. The van der Waals surface area contributed by atoms with E-state index in [9.17, 15) is 14.7 Å². The molecule has 0 bridgehead atoms. The number of piperazine rings is 1. The first-order valence-corrected chi connectivity index (χ1v) is 12.9. The lowest BCUT2D eigenvalue weighted by molar-refractivity contribution is -0.123. The molecule has 0 unspecified atom stereocenters. The highest BCUT2D eigenvalue weighted by Gasteiger charge is 2.40. The van der Waals surface area contributed by atoms with E-state index in [1.54, 1.807) is 0 Å². The van der Waals surface area contributed by atoms with Crippen molar-refractivity contribution in [2.75, 3.05) is 18.0 Å². The van der Waals surface area contributed by atoms with Crippen molar-refractivity contribution in [3.8, 4) is 10.4 Å². The quantitative estimate of drug-likeness (QED) is 0.482. The number of carboxylic acids is 1. The summed E-state index contributed by atoms with van der Waals surface area (Å²) in [5.41, 5.74) is 2.74. The molecule has 2 aliphatic rings. The molecule has 1 N–H and O–H groups in total. The van der Waals surface area contributed by atoms with E-state index in [4.69, 9.17) is 0 Å². The highest BCUT2D eigenvalue weighted by atomic mass is 32.1. The van der Waals surface area contributed by atoms with E-state index in [2.05, 4.69) is 17.0 Å². The third-order valence-corrected chi connectivity index (χ3v) is 8.23. The van der Waals surface area contributed by atoms with Crippen LogP contribution >= 0.6 is 11.3 Å². The summed E-state index contributed by atoms with van der Waals surface area (Å²) < 4.78 is 0. The third kappa shape index (κ3) is 4.79. The van der Waals surface area contributed by atoms with Crippen LogP contribution in [0, 0.1) is 5.92 Å². The maximum Gasteiger partial charge on any atom is 0.348 e. The first kappa shape index (κ1) is 22.8. The average molecular weight is 475 g/mol. The van der Waals surface area contributed by atoms with Crippen molar-refractivity contribution in [3.05, 3.63) is 77.2 Å². The molecule has 176 valence electrons. The van der Waals surface area contributed by atoms with Crippen LogP contribution in [0.3, 0.4) is 0 Å². The van der Waals surface area contributed by atoms with E-state index in [-0.39, 0.29) is 16.8 Å². The predicted octanol–water partition coefficient (Wildman–Crippen LogP) is 5.91. The Labute approximate surface area is 204 Å². The number of rotatable bonds is 6. The highest BCUT2D eigenvalue weighted by Crippen LogP contribution is 2.41. The van der Waals surface area contributed by atoms with Crippen molar-refractivity contribution in [1.29, 1.82) is 0 Å². The molecule has 3 aromatic rings. The van der Waals surface area contributed by atoms with Gasteiger partial charge in [0.1, 0.15) is 4.88 Å². The molecule has 2 heterocycles. The molecule has 5 nitrogen and oxygen atoms in total. The van der Waals surface area contributed by atoms with E-state index in [0.717, 1.165) is 36.4 Å². The van der Waals surface area contributed by atoms with Gasteiger partial charge < -0.3 is 10.0 Å². The van der Waals surface area contributed by atoms with Crippen LogP contribution in [0.2, 0.25) is 0 Å². The van der Waals surface area contributed by atoms with E-state index < -0.39 is 5.97 Å². The van der Waals surface area contributed by atoms with Gasteiger partial charge in [-0.15, -0.1) is 11.3 Å². The van der Waals surface area contributed by atoms with Crippen molar-refractivity contribution in [2.24, 2.45) is 5.92 Å². The van der Waals surface area contributed by atoms with Crippen LogP contribution in [0.5, 0.6) is 0 Å². The number of hydrogen-bond donors (Lipinski definition) is 1. The maximum absolute atomic E-state index is 13.7. The second-order valence-corrected chi connectivity index (χ2v) is 10.4. The molecule has 1 aliphatic heterocycles. The summed E-state index contributed by atoms with van der Waals surface area (Å²) >= 11 is 1.26. The molecule has 6 heteroatoms. The molecule has 1 aromatic heterocycles. The third-order valence-electron chi connectivity index (χ3n) is 7.07. The fraction of sp³-hybridized carbons (Fsp3) is 0.357. The van der Waals surface area contributed by atoms with Crippen molar-refractivity contribution < 1.29 is 14.7 Å². The summed E-state index contributed by atoms with van der Waals surface area (Å²) in [6.45, 7) is 1.79.